The highest BCUT2D eigenvalue weighted by Gasteiger charge is 2.39. The molecule has 0 aliphatic carbocycles. The average Bonchev–Trinajstić information content (AvgIpc) is 4.14. The number of carbonyl (C=O) groups excluding carboxylic acids is 11. The van der Waals surface area contributed by atoms with E-state index >= 15 is 0 Å². The Morgan fingerprint density at radius 2 is 1.16 bits per heavy atom. The van der Waals surface area contributed by atoms with Crippen molar-refractivity contribution in [3.05, 3.63) is 11.9 Å². The number of alkyl halides is 3. The van der Waals surface area contributed by atoms with Crippen LogP contribution in [0.5, 0.6) is 0 Å². The molecule has 10 atom stereocenters. The second-order valence-electron chi connectivity index (χ2n) is 18.5. The van der Waals surface area contributed by atoms with Gasteiger partial charge in [-0.15, -0.1) is 5.10 Å². The zero-order chi connectivity index (χ0) is 65.3. The molecule has 37 nitrogen and oxygen atoms in total. The molecule has 0 bridgehead atoms. The van der Waals surface area contributed by atoms with E-state index in [4.69, 9.17) is 43.7 Å². The summed E-state index contributed by atoms with van der Waals surface area (Å²) in [6.45, 7) is 1.53. The van der Waals surface area contributed by atoms with Crippen LogP contribution in [0.3, 0.4) is 0 Å². The molecule has 0 radical (unpaired) electrons. The number of carboxylic acid groups (broad SMARTS) is 2. The number of carbonyl (C=O) groups is 13. The van der Waals surface area contributed by atoms with E-state index in [9.17, 15) is 86.0 Å². The van der Waals surface area contributed by atoms with Crippen molar-refractivity contribution in [1.29, 1.82) is 0 Å². The molecule has 480 valence electrons. The van der Waals surface area contributed by atoms with Gasteiger partial charge in [0, 0.05) is 19.9 Å². The van der Waals surface area contributed by atoms with E-state index in [1.54, 1.807) is 0 Å². The van der Waals surface area contributed by atoms with E-state index in [1.807, 2.05) is 5.32 Å². The van der Waals surface area contributed by atoms with E-state index in [2.05, 4.69) is 63.2 Å². The van der Waals surface area contributed by atoms with Crippen molar-refractivity contribution in [3.8, 4) is 0 Å². The molecule has 25 N–H and O–H groups in total. The summed E-state index contributed by atoms with van der Waals surface area (Å²) in [5, 5.41) is 77.6. The quantitative estimate of drug-likeness (QED) is 0.0167. The number of aromatic nitrogens is 3. The predicted molar refractivity (Wildman–Crippen MR) is 284 cm³/mol. The maximum atomic E-state index is 14.2. The molecule has 40 heteroatoms. The lowest BCUT2D eigenvalue weighted by atomic mass is 10.1. The lowest BCUT2D eigenvalue weighted by Gasteiger charge is -2.27. The van der Waals surface area contributed by atoms with Crippen LogP contribution in [0.15, 0.2) is 11.2 Å². The third-order valence-electron chi connectivity index (χ3n) is 11.1. The zero-order valence-corrected chi connectivity index (χ0v) is 46.6. The van der Waals surface area contributed by atoms with Gasteiger partial charge >= 0.3 is 18.1 Å². The molecule has 85 heavy (non-hydrogen) atoms. The molecule has 0 saturated heterocycles. The lowest BCUT2D eigenvalue weighted by molar-refractivity contribution is -0.192. The molecule has 1 unspecified atom stereocenters. The number of rotatable bonds is 37. The largest absolute Gasteiger partial charge is 0.490 e. The topological polar surface area (TPSA) is 617 Å². The average molecular weight is 1230 g/mol. The van der Waals surface area contributed by atoms with Gasteiger partial charge in [0.05, 0.1) is 50.7 Å². The molecular weight excluding hydrogens is 1150 g/mol. The number of nitrogens with zero attached hydrogens (tertiary/aromatic N) is 4. The van der Waals surface area contributed by atoms with Crippen LogP contribution in [-0.2, 0) is 75.4 Å². The number of nitrogens with two attached hydrogens (primary N) is 5. The summed E-state index contributed by atoms with van der Waals surface area (Å²) >= 11 is 0. The fraction of sp³-hybridized carbons (Fsp3) is 0.644. The van der Waals surface area contributed by atoms with Gasteiger partial charge in [-0.2, -0.15) is 13.2 Å². The van der Waals surface area contributed by atoms with E-state index in [1.165, 1.54) is 20.0 Å². The minimum Gasteiger partial charge on any atom is -0.480 e. The van der Waals surface area contributed by atoms with Gasteiger partial charge in [-0.3, -0.25) is 62.5 Å². The molecule has 1 heterocycles. The monoisotopic (exact) mass is 1230 g/mol. The number of aliphatic carboxylic acids is 2. The van der Waals surface area contributed by atoms with E-state index in [0.29, 0.717) is 19.4 Å². The Balaban J connectivity index is 0.00000942. The second kappa shape index (κ2) is 38.8. The van der Waals surface area contributed by atoms with Crippen LogP contribution >= 0.6 is 0 Å². The van der Waals surface area contributed by atoms with Crippen LogP contribution < -0.4 is 81.8 Å². The number of hydrogen-bond acceptors (Lipinski definition) is 21. The second-order valence-corrected chi connectivity index (χ2v) is 18.5. The Labute approximate surface area is 482 Å². The number of amides is 11. The highest BCUT2D eigenvalue weighted by molar-refractivity contribution is 5.98. The molecule has 0 aliphatic rings. The van der Waals surface area contributed by atoms with Crippen LogP contribution in [-0.4, -0.2) is 223 Å². The molecule has 0 spiro atoms. The first-order chi connectivity index (χ1) is 39.5. The van der Waals surface area contributed by atoms with Gasteiger partial charge in [0.1, 0.15) is 54.5 Å². The van der Waals surface area contributed by atoms with Gasteiger partial charge in [0.15, 0.2) is 5.96 Å². The standard InChI is InChI=1S/C43H75N19O16.C2HF3O2/c1-20(53-42(78)34(22(3)65)59-38(74)27(10-11-30(46)67)55-36(72)25(45)8-5-6-12-44)35(71)54-26(9-7-13-49-43(47)48)37(73)56-28(18-62-17-24(60-61-62)14-50-23(4)66)39(75)57-29(19-63)40(76)58-33(21(2)64)41(77)52-15-31(68)51-16-32(69)70;3-2(4,5)1(6)7/h17,20-22,25-29,33-34,63-65H,5-16,18-19,44-45H2,1-4H3,(H2,46,67)(H,50,66)(H,51,68)(H,52,77)(H,53,78)(H,54,71)(H,55,72)(H,56,73)(H,57,75)(H,58,76)(H,59,74)(H,69,70)(H4,47,48,49);(H,6,7)/t20?,21-,22-,25+,26+,27+,28+,29+,33+,34+;/m1./s1. The predicted octanol–water partition coefficient (Wildman–Crippen LogP) is -10.2. The molecule has 11 amide bonds. The Bertz CT molecular complexity index is 2480. The molecule has 0 fully saturated rings. The Morgan fingerprint density at radius 3 is 1.68 bits per heavy atom. The fourth-order valence-electron chi connectivity index (χ4n) is 6.59. The SMILES string of the molecule is CC(=O)NCc1cn(C[C@H](NC(=O)[C@H](CCCN=C(N)N)NC(=O)C(C)NC(=O)[C@@H](NC(=O)[C@H](CCC(N)=O)NC(=O)[C@@H](N)CCCCN)[C@@H](C)O)C(=O)N[C@@H](CO)C(=O)N[C@H](C(=O)NCC(=O)NCC(=O)O)[C@@H](C)O)nn1.O=C(O)C(F)(F)F. The smallest absolute Gasteiger partial charge is 0.480 e. The number of primary amides is 1. The maximum Gasteiger partial charge on any atom is 0.490 e. The first-order valence-electron chi connectivity index (χ1n) is 25.6. The molecular formula is C45H76F3N19O18. The number of halogens is 3. The molecule has 1 rings (SSSR count). The van der Waals surface area contributed by atoms with Gasteiger partial charge in [0.25, 0.3) is 0 Å². The first-order valence-corrected chi connectivity index (χ1v) is 25.6. The van der Waals surface area contributed by atoms with Crippen LogP contribution in [0, 0.1) is 0 Å². The number of unbranched alkanes of at least 4 members (excludes halogenated alkanes) is 1. The van der Waals surface area contributed by atoms with Crippen molar-refractivity contribution in [3.63, 3.8) is 0 Å². The molecule has 0 aromatic carbocycles. The van der Waals surface area contributed by atoms with Gasteiger partial charge in [-0.1, -0.05) is 11.6 Å². The van der Waals surface area contributed by atoms with Crippen LogP contribution in [0.25, 0.3) is 0 Å². The van der Waals surface area contributed by atoms with E-state index in [-0.39, 0.29) is 56.8 Å². The number of hydrogen-bond donors (Lipinski definition) is 20. The summed E-state index contributed by atoms with van der Waals surface area (Å²) < 4.78 is 32.8. The summed E-state index contributed by atoms with van der Waals surface area (Å²) in [5.74, 6) is -15.2. The van der Waals surface area contributed by atoms with Crippen molar-refractivity contribution in [2.24, 2.45) is 33.7 Å². The van der Waals surface area contributed by atoms with Gasteiger partial charge in [-0.25, -0.2) is 9.48 Å². The van der Waals surface area contributed by atoms with Crippen LogP contribution in [0.1, 0.15) is 78.3 Å². The summed E-state index contributed by atoms with van der Waals surface area (Å²) in [5.41, 5.74) is 27.8. The minimum atomic E-state index is -5.08. The van der Waals surface area contributed by atoms with Crippen molar-refractivity contribution in [2.45, 2.75) is 152 Å². The normalized spacial score (nSPS) is 14.4. The number of guanidine groups is 1. The summed E-state index contributed by atoms with van der Waals surface area (Å²) in [6.07, 6.45) is -6.75. The Hall–Kier alpha value is -8.89. The summed E-state index contributed by atoms with van der Waals surface area (Å²) in [6, 6.07) is -12.9. The maximum absolute atomic E-state index is 14.2. The number of aliphatic hydroxyl groups is 3. The fourth-order valence-corrected chi connectivity index (χ4v) is 6.59. The number of carboxylic acids is 2. The number of aliphatic hydroxyl groups excluding tert-OH is 3. The highest BCUT2D eigenvalue weighted by Crippen LogP contribution is 2.13. The third kappa shape index (κ3) is 31.9. The molecule has 1 aromatic rings. The molecule has 0 aliphatic heterocycles. The zero-order valence-electron chi connectivity index (χ0n) is 46.6. The third-order valence-corrected chi connectivity index (χ3v) is 11.1. The van der Waals surface area contributed by atoms with E-state index < -0.39 is 170 Å². The van der Waals surface area contributed by atoms with Crippen molar-refractivity contribution < 1.29 is 101 Å². The van der Waals surface area contributed by atoms with E-state index in [0.717, 1.165) is 18.5 Å². The summed E-state index contributed by atoms with van der Waals surface area (Å²) in [7, 11) is 0. The Morgan fingerprint density at radius 1 is 0.647 bits per heavy atom. The van der Waals surface area contributed by atoms with Crippen molar-refractivity contribution in [2.75, 3.05) is 32.8 Å². The van der Waals surface area contributed by atoms with Crippen molar-refractivity contribution >= 4 is 82.9 Å². The number of nitrogens with one attached hydrogen (secondary N) is 10. The first kappa shape index (κ1) is 76.1. The molecule has 0 saturated carbocycles. The lowest BCUT2D eigenvalue weighted by Crippen LogP contribution is -2.62. The minimum absolute atomic E-state index is 0.00341. The molecule has 1 aromatic heterocycles. The van der Waals surface area contributed by atoms with Gasteiger partial charge in [0.2, 0.25) is 65.0 Å². The van der Waals surface area contributed by atoms with Crippen LogP contribution in [0.2, 0.25) is 0 Å². The van der Waals surface area contributed by atoms with Crippen molar-refractivity contribution in [1.82, 2.24) is 68.2 Å². The van der Waals surface area contributed by atoms with Gasteiger partial charge < -0.3 is 107 Å². The number of aliphatic imine (C=N–C) groups is 1. The highest BCUT2D eigenvalue weighted by atomic mass is 19.4. The van der Waals surface area contributed by atoms with Gasteiger partial charge in [-0.05, 0) is 59.4 Å². The van der Waals surface area contributed by atoms with Crippen LogP contribution in [0.4, 0.5) is 13.2 Å². The summed E-state index contributed by atoms with van der Waals surface area (Å²) in [4.78, 5) is 167. The Kier molecular flexibility index (Phi) is 34.7.